The Morgan fingerprint density at radius 1 is 1.47 bits per heavy atom. The number of aromatic nitrogens is 2. The fourth-order valence-electron chi connectivity index (χ4n) is 1.47. The van der Waals surface area contributed by atoms with E-state index < -0.39 is 6.10 Å². The quantitative estimate of drug-likeness (QED) is 0.740. The van der Waals surface area contributed by atoms with E-state index in [2.05, 4.69) is 15.5 Å². The van der Waals surface area contributed by atoms with Crippen LogP contribution in [-0.4, -0.2) is 33.9 Å². The Kier molecular flexibility index (Phi) is 3.93. The minimum absolute atomic E-state index is 0.197. The van der Waals surface area contributed by atoms with Crippen LogP contribution in [0.15, 0.2) is 0 Å². The summed E-state index contributed by atoms with van der Waals surface area (Å²) in [7, 11) is 0. The van der Waals surface area contributed by atoms with Gasteiger partial charge in [0, 0.05) is 12.2 Å². The van der Waals surface area contributed by atoms with Crippen molar-refractivity contribution in [2.75, 3.05) is 6.54 Å². The van der Waals surface area contributed by atoms with Gasteiger partial charge in [-0.3, -0.25) is 9.89 Å². The highest BCUT2D eigenvalue weighted by Crippen LogP contribution is 2.18. The van der Waals surface area contributed by atoms with Crippen LogP contribution in [0.3, 0.4) is 0 Å². The number of amides is 1. The van der Waals surface area contributed by atoms with Crippen LogP contribution in [0.4, 0.5) is 0 Å². The molecule has 1 aromatic rings. The van der Waals surface area contributed by atoms with Crippen molar-refractivity contribution in [3.63, 3.8) is 0 Å². The molecule has 0 aliphatic heterocycles. The normalized spacial score (nSPS) is 13.5. The lowest BCUT2D eigenvalue weighted by atomic mass is 9.89. The third-order valence-electron chi connectivity index (χ3n) is 2.81. The molecule has 1 aromatic heterocycles. The molecule has 0 bridgehead atoms. The molecule has 0 spiro atoms. The number of hydrogen-bond donors (Lipinski definition) is 3. The number of aliphatic hydroxyl groups is 1. The number of aryl methyl sites for hydroxylation is 2. The Hall–Kier alpha value is -1.36. The van der Waals surface area contributed by atoms with Crippen molar-refractivity contribution >= 4 is 5.91 Å². The van der Waals surface area contributed by atoms with Crippen molar-refractivity contribution in [3.8, 4) is 0 Å². The van der Waals surface area contributed by atoms with Crippen molar-refractivity contribution in [2.45, 2.75) is 40.7 Å². The van der Waals surface area contributed by atoms with Crippen molar-refractivity contribution in [1.82, 2.24) is 15.5 Å². The Morgan fingerprint density at radius 2 is 2.06 bits per heavy atom. The zero-order valence-corrected chi connectivity index (χ0v) is 11.1. The summed E-state index contributed by atoms with van der Waals surface area (Å²) in [4.78, 5) is 11.9. The molecule has 1 rings (SSSR count). The van der Waals surface area contributed by atoms with E-state index in [0.29, 0.717) is 11.3 Å². The van der Waals surface area contributed by atoms with Crippen LogP contribution in [0.2, 0.25) is 0 Å². The van der Waals surface area contributed by atoms with Crippen molar-refractivity contribution < 1.29 is 9.90 Å². The molecule has 0 saturated heterocycles. The first-order valence-corrected chi connectivity index (χ1v) is 5.71. The van der Waals surface area contributed by atoms with Crippen LogP contribution < -0.4 is 5.32 Å². The highest BCUT2D eigenvalue weighted by molar-refractivity contribution is 5.96. The number of carbonyl (C=O) groups is 1. The van der Waals surface area contributed by atoms with Gasteiger partial charge in [-0.15, -0.1) is 0 Å². The molecule has 0 radical (unpaired) electrons. The van der Waals surface area contributed by atoms with Crippen LogP contribution in [0.25, 0.3) is 0 Å². The maximum Gasteiger partial charge on any atom is 0.255 e. The van der Waals surface area contributed by atoms with E-state index in [-0.39, 0.29) is 17.9 Å². The number of rotatable bonds is 3. The van der Waals surface area contributed by atoms with Gasteiger partial charge in [-0.2, -0.15) is 5.10 Å². The number of H-pyrrole nitrogens is 1. The Morgan fingerprint density at radius 3 is 2.47 bits per heavy atom. The fraction of sp³-hybridized carbons (Fsp3) is 0.667. The van der Waals surface area contributed by atoms with E-state index in [1.54, 1.807) is 13.8 Å². The predicted octanol–water partition coefficient (Wildman–Crippen LogP) is 1.16. The summed E-state index contributed by atoms with van der Waals surface area (Å²) in [5.74, 6) is -0.197. The Bertz CT molecular complexity index is 385. The van der Waals surface area contributed by atoms with E-state index in [0.717, 1.165) is 5.69 Å². The molecule has 0 aliphatic carbocycles. The molecule has 5 heteroatoms. The van der Waals surface area contributed by atoms with Gasteiger partial charge in [-0.1, -0.05) is 20.8 Å². The van der Waals surface area contributed by atoms with E-state index in [1.165, 1.54) is 0 Å². The average Bonchev–Trinajstić information content (AvgIpc) is 2.53. The second-order valence-electron chi connectivity index (χ2n) is 5.40. The number of aromatic amines is 1. The SMILES string of the molecule is Cc1n[nH]c(C)c1C(=O)NCC(O)C(C)(C)C. The molecule has 17 heavy (non-hydrogen) atoms. The third-order valence-corrected chi connectivity index (χ3v) is 2.81. The molecule has 1 amide bonds. The van der Waals surface area contributed by atoms with E-state index in [1.807, 2.05) is 20.8 Å². The van der Waals surface area contributed by atoms with E-state index >= 15 is 0 Å². The highest BCUT2D eigenvalue weighted by Gasteiger charge is 2.23. The smallest absolute Gasteiger partial charge is 0.255 e. The summed E-state index contributed by atoms with van der Waals surface area (Å²) < 4.78 is 0. The Labute approximate surface area is 102 Å². The highest BCUT2D eigenvalue weighted by atomic mass is 16.3. The molecule has 0 aliphatic rings. The number of nitrogens with one attached hydrogen (secondary N) is 2. The molecule has 0 aromatic carbocycles. The van der Waals surface area contributed by atoms with Crippen LogP contribution in [0.1, 0.15) is 42.5 Å². The summed E-state index contributed by atoms with van der Waals surface area (Å²) in [6, 6.07) is 0. The fourth-order valence-corrected chi connectivity index (χ4v) is 1.47. The molecule has 1 atom stereocenters. The maximum absolute atomic E-state index is 11.9. The molecule has 5 nitrogen and oxygen atoms in total. The number of nitrogens with zero attached hydrogens (tertiary/aromatic N) is 1. The zero-order chi connectivity index (χ0) is 13.2. The van der Waals surface area contributed by atoms with Crippen LogP contribution in [0.5, 0.6) is 0 Å². The second-order valence-corrected chi connectivity index (χ2v) is 5.40. The largest absolute Gasteiger partial charge is 0.391 e. The number of carbonyl (C=O) groups excluding carboxylic acids is 1. The Balaban J connectivity index is 2.63. The van der Waals surface area contributed by atoms with Gasteiger partial charge in [-0.25, -0.2) is 0 Å². The predicted molar refractivity (Wildman–Crippen MR) is 65.9 cm³/mol. The van der Waals surface area contributed by atoms with Gasteiger partial charge in [0.1, 0.15) is 0 Å². The maximum atomic E-state index is 11.9. The molecular weight excluding hydrogens is 218 g/mol. The topological polar surface area (TPSA) is 78.0 Å². The number of hydrogen-bond acceptors (Lipinski definition) is 3. The van der Waals surface area contributed by atoms with Gasteiger partial charge in [0.25, 0.3) is 5.91 Å². The van der Waals surface area contributed by atoms with Crippen LogP contribution in [-0.2, 0) is 0 Å². The van der Waals surface area contributed by atoms with Gasteiger partial charge >= 0.3 is 0 Å². The zero-order valence-electron chi connectivity index (χ0n) is 11.1. The van der Waals surface area contributed by atoms with Gasteiger partial charge < -0.3 is 10.4 Å². The molecule has 1 heterocycles. The molecule has 0 fully saturated rings. The second kappa shape index (κ2) is 4.87. The number of aliphatic hydroxyl groups excluding tert-OH is 1. The van der Waals surface area contributed by atoms with Crippen LogP contribution >= 0.6 is 0 Å². The summed E-state index contributed by atoms with van der Waals surface area (Å²) in [5.41, 5.74) is 1.73. The van der Waals surface area contributed by atoms with Gasteiger partial charge in [0.2, 0.25) is 0 Å². The molecule has 3 N–H and O–H groups in total. The van der Waals surface area contributed by atoms with Crippen molar-refractivity contribution in [3.05, 3.63) is 17.0 Å². The lowest BCUT2D eigenvalue weighted by molar-refractivity contribution is 0.0586. The summed E-state index contributed by atoms with van der Waals surface area (Å²) >= 11 is 0. The van der Waals surface area contributed by atoms with Gasteiger partial charge in [0.05, 0.1) is 17.4 Å². The van der Waals surface area contributed by atoms with E-state index in [9.17, 15) is 9.90 Å². The molecular formula is C12H21N3O2. The summed E-state index contributed by atoms with van der Waals surface area (Å²) in [6.07, 6.45) is -0.570. The first-order valence-electron chi connectivity index (χ1n) is 5.71. The first kappa shape index (κ1) is 13.7. The third kappa shape index (κ3) is 3.30. The summed E-state index contributed by atoms with van der Waals surface area (Å²) in [5, 5.41) is 19.3. The molecule has 96 valence electrons. The minimum atomic E-state index is -0.570. The van der Waals surface area contributed by atoms with Crippen molar-refractivity contribution in [1.29, 1.82) is 0 Å². The molecule has 1 unspecified atom stereocenters. The monoisotopic (exact) mass is 239 g/mol. The lowest BCUT2D eigenvalue weighted by Crippen LogP contribution is -2.39. The van der Waals surface area contributed by atoms with E-state index in [4.69, 9.17) is 0 Å². The van der Waals surface area contributed by atoms with Gasteiger partial charge in [0.15, 0.2) is 0 Å². The summed E-state index contributed by atoms with van der Waals surface area (Å²) in [6.45, 7) is 9.61. The average molecular weight is 239 g/mol. The van der Waals surface area contributed by atoms with Crippen molar-refractivity contribution in [2.24, 2.45) is 5.41 Å². The first-order chi connectivity index (χ1) is 7.73. The van der Waals surface area contributed by atoms with Crippen LogP contribution in [0, 0.1) is 19.3 Å². The minimum Gasteiger partial charge on any atom is -0.391 e. The lowest BCUT2D eigenvalue weighted by Gasteiger charge is -2.25. The van der Waals surface area contributed by atoms with Gasteiger partial charge in [-0.05, 0) is 19.3 Å². The molecule has 0 saturated carbocycles. The standard InChI is InChI=1S/C12H21N3O2/c1-7-10(8(2)15-14-7)11(17)13-6-9(16)12(3,4)5/h9,16H,6H2,1-5H3,(H,13,17)(H,14,15).